The van der Waals surface area contributed by atoms with E-state index in [4.69, 9.17) is 4.42 Å². The zero-order chi connectivity index (χ0) is 14.9. The molecule has 4 aromatic rings. The molecular formula is C17H14N4O. The summed E-state index contributed by atoms with van der Waals surface area (Å²) in [6, 6.07) is 14.0. The van der Waals surface area contributed by atoms with Gasteiger partial charge in [-0.15, -0.1) is 0 Å². The molecule has 4 rings (SSSR count). The number of pyridine rings is 1. The molecule has 22 heavy (non-hydrogen) atoms. The molecule has 3 aromatic heterocycles. The highest BCUT2D eigenvalue weighted by Crippen LogP contribution is 2.30. The van der Waals surface area contributed by atoms with Gasteiger partial charge in [-0.1, -0.05) is 30.3 Å². The van der Waals surface area contributed by atoms with Crippen LogP contribution in [0.1, 0.15) is 0 Å². The molecule has 0 saturated heterocycles. The van der Waals surface area contributed by atoms with Crippen LogP contribution in [0.4, 0.5) is 11.4 Å². The highest BCUT2D eigenvalue weighted by molar-refractivity contribution is 5.91. The summed E-state index contributed by atoms with van der Waals surface area (Å²) < 4.78 is 7.32. The Hall–Kier alpha value is -3.08. The largest absolute Gasteiger partial charge is 0.460 e. The summed E-state index contributed by atoms with van der Waals surface area (Å²) in [7, 11) is 1.88. The summed E-state index contributed by atoms with van der Waals surface area (Å²) in [4.78, 5) is 4.66. The monoisotopic (exact) mass is 290 g/mol. The number of hydrogen-bond acceptors (Lipinski definition) is 4. The van der Waals surface area contributed by atoms with Gasteiger partial charge < -0.3 is 9.73 Å². The third-order valence-corrected chi connectivity index (χ3v) is 3.46. The van der Waals surface area contributed by atoms with Crippen molar-refractivity contribution in [3.63, 3.8) is 0 Å². The molecule has 1 aromatic carbocycles. The summed E-state index contributed by atoms with van der Waals surface area (Å²) in [5.41, 5.74) is 5.32. The summed E-state index contributed by atoms with van der Waals surface area (Å²) in [6.07, 6.45) is 5.34. The number of nitrogens with zero attached hydrogens (tertiary/aromatic N) is 3. The Morgan fingerprint density at radius 1 is 1.14 bits per heavy atom. The number of fused-ring (bicyclic) bond motifs is 1. The van der Waals surface area contributed by atoms with Crippen LogP contribution in [-0.2, 0) is 7.05 Å². The number of benzene rings is 1. The van der Waals surface area contributed by atoms with E-state index in [2.05, 4.69) is 15.4 Å². The lowest BCUT2D eigenvalue weighted by Gasteiger charge is -2.07. The molecule has 0 radical (unpaired) electrons. The highest BCUT2D eigenvalue weighted by atomic mass is 16.3. The van der Waals surface area contributed by atoms with Gasteiger partial charge in [0.05, 0.1) is 29.5 Å². The number of furan rings is 1. The van der Waals surface area contributed by atoms with E-state index in [1.807, 2.05) is 55.7 Å². The molecule has 5 nitrogen and oxygen atoms in total. The smallest absolute Gasteiger partial charge is 0.175 e. The molecule has 3 heterocycles. The zero-order valence-corrected chi connectivity index (χ0v) is 12.0. The van der Waals surface area contributed by atoms with Gasteiger partial charge in [-0.2, -0.15) is 5.10 Å². The second kappa shape index (κ2) is 5.04. The van der Waals surface area contributed by atoms with Crippen LogP contribution in [0.3, 0.4) is 0 Å². The Balaban J connectivity index is 1.84. The average molecular weight is 290 g/mol. The van der Waals surface area contributed by atoms with Gasteiger partial charge in [-0.3, -0.25) is 4.68 Å². The first-order valence-corrected chi connectivity index (χ1v) is 6.99. The summed E-state index contributed by atoms with van der Waals surface area (Å²) in [6.45, 7) is 0. The van der Waals surface area contributed by atoms with E-state index >= 15 is 0 Å². The third-order valence-electron chi connectivity index (χ3n) is 3.46. The quantitative estimate of drug-likeness (QED) is 0.620. The maximum atomic E-state index is 5.57. The van der Waals surface area contributed by atoms with E-state index < -0.39 is 0 Å². The van der Waals surface area contributed by atoms with Crippen molar-refractivity contribution in [1.82, 2.24) is 14.8 Å². The molecule has 0 bridgehead atoms. The lowest BCUT2D eigenvalue weighted by atomic mass is 10.1. The molecule has 0 amide bonds. The van der Waals surface area contributed by atoms with Gasteiger partial charge in [-0.05, 0) is 6.07 Å². The molecule has 0 fully saturated rings. The number of aryl methyl sites for hydroxylation is 1. The predicted octanol–water partition coefficient (Wildman–Crippen LogP) is 3.97. The zero-order valence-electron chi connectivity index (χ0n) is 12.0. The van der Waals surface area contributed by atoms with Gasteiger partial charge in [0.25, 0.3) is 0 Å². The molecular weight excluding hydrogens is 276 g/mol. The van der Waals surface area contributed by atoms with Gasteiger partial charge in [0, 0.05) is 24.9 Å². The Bertz CT molecular complexity index is 924. The number of hydrogen-bond donors (Lipinski definition) is 1. The van der Waals surface area contributed by atoms with E-state index in [1.54, 1.807) is 17.1 Å². The Kier molecular flexibility index (Phi) is 2.89. The van der Waals surface area contributed by atoms with Gasteiger partial charge in [-0.25, -0.2) is 4.98 Å². The molecule has 108 valence electrons. The highest BCUT2D eigenvalue weighted by Gasteiger charge is 2.11. The van der Waals surface area contributed by atoms with Crippen molar-refractivity contribution in [3.05, 3.63) is 61.1 Å². The first-order valence-electron chi connectivity index (χ1n) is 6.99. The molecule has 0 aliphatic heterocycles. The summed E-state index contributed by atoms with van der Waals surface area (Å²) in [5, 5.41) is 7.52. The van der Waals surface area contributed by atoms with E-state index in [-0.39, 0.29) is 0 Å². The van der Waals surface area contributed by atoms with Crippen LogP contribution >= 0.6 is 0 Å². The average Bonchev–Trinajstić information content (AvgIpc) is 3.17. The van der Waals surface area contributed by atoms with Gasteiger partial charge in [0.1, 0.15) is 5.52 Å². The molecule has 0 aliphatic rings. The number of nitrogens with one attached hydrogen (secondary N) is 1. The van der Waals surface area contributed by atoms with Crippen molar-refractivity contribution in [2.24, 2.45) is 7.05 Å². The third kappa shape index (κ3) is 2.22. The maximum absolute atomic E-state index is 5.57. The second-order valence-electron chi connectivity index (χ2n) is 5.08. The van der Waals surface area contributed by atoms with Gasteiger partial charge in [0.15, 0.2) is 5.58 Å². The van der Waals surface area contributed by atoms with Crippen molar-refractivity contribution in [2.45, 2.75) is 0 Å². The van der Waals surface area contributed by atoms with Crippen LogP contribution in [0.25, 0.3) is 22.4 Å². The molecule has 1 N–H and O–H groups in total. The Morgan fingerprint density at radius 2 is 2.00 bits per heavy atom. The van der Waals surface area contributed by atoms with E-state index in [1.165, 1.54) is 0 Å². The van der Waals surface area contributed by atoms with Crippen molar-refractivity contribution < 1.29 is 4.42 Å². The molecule has 0 aliphatic carbocycles. The first-order chi connectivity index (χ1) is 10.8. The van der Waals surface area contributed by atoms with Crippen molar-refractivity contribution >= 4 is 22.5 Å². The standard InChI is InChI=1S/C17H14N4O/c1-21-11-13(10-18-21)19-16-9-15(12-5-3-2-4-6-12)20-14-7-8-22-17(14)16/h2-11H,1H3,(H,19,20). The van der Waals surface area contributed by atoms with Crippen LogP contribution in [-0.4, -0.2) is 14.8 Å². The molecule has 0 unspecified atom stereocenters. The van der Waals surface area contributed by atoms with Crippen LogP contribution in [0.15, 0.2) is 65.5 Å². The number of anilines is 2. The minimum Gasteiger partial charge on any atom is -0.460 e. The van der Waals surface area contributed by atoms with Crippen LogP contribution in [0.2, 0.25) is 0 Å². The first kappa shape index (κ1) is 12.6. The topological polar surface area (TPSA) is 55.9 Å². The molecule has 0 spiro atoms. The van der Waals surface area contributed by atoms with E-state index in [0.29, 0.717) is 0 Å². The van der Waals surface area contributed by atoms with Crippen LogP contribution in [0, 0.1) is 0 Å². The van der Waals surface area contributed by atoms with E-state index in [9.17, 15) is 0 Å². The fourth-order valence-electron chi connectivity index (χ4n) is 2.45. The van der Waals surface area contributed by atoms with E-state index in [0.717, 1.165) is 33.7 Å². The van der Waals surface area contributed by atoms with Crippen molar-refractivity contribution in [3.8, 4) is 11.3 Å². The summed E-state index contributed by atoms with van der Waals surface area (Å²) in [5.74, 6) is 0. The second-order valence-corrected chi connectivity index (χ2v) is 5.08. The minimum atomic E-state index is 0.739. The number of rotatable bonds is 3. The fraction of sp³-hybridized carbons (Fsp3) is 0.0588. The maximum Gasteiger partial charge on any atom is 0.175 e. The van der Waals surface area contributed by atoms with Crippen molar-refractivity contribution in [2.75, 3.05) is 5.32 Å². The fourth-order valence-corrected chi connectivity index (χ4v) is 2.45. The van der Waals surface area contributed by atoms with Crippen molar-refractivity contribution in [1.29, 1.82) is 0 Å². The SMILES string of the molecule is Cn1cc(Nc2cc(-c3ccccc3)nc3ccoc23)cn1. The predicted molar refractivity (Wildman–Crippen MR) is 85.9 cm³/mol. The van der Waals surface area contributed by atoms with Crippen LogP contribution in [0.5, 0.6) is 0 Å². The lowest BCUT2D eigenvalue weighted by molar-refractivity contribution is 0.616. The molecule has 0 atom stereocenters. The Morgan fingerprint density at radius 3 is 2.77 bits per heavy atom. The number of aromatic nitrogens is 3. The Labute approximate surface area is 127 Å². The molecule has 5 heteroatoms. The lowest BCUT2D eigenvalue weighted by Crippen LogP contribution is -1.93. The van der Waals surface area contributed by atoms with Gasteiger partial charge in [0.2, 0.25) is 0 Å². The normalized spacial score (nSPS) is 11.0. The molecule has 0 saturated carbocycles. The van der Waals surface area contributed by atoms with Crippen LogP contribution < -0.4 is 5.32 Å². The minimum absolute atomic E-state index is 0.739. The summed E-state index contributed by atoms with van der Waals surface area (Å²) >= 11 is 0. The van der Waals surface area contributed by atoms with Gasteiger partial charge >= 0.3 is 0 Å².